The lowest BCUT2D eigenvalue weighted by molar-refractivity contribution is 0.0933. The Balaban J connectivity index is 1.90. The number of thioether (sulfide) groups is 1. The maximum Gasteiger partial charge on any atom is 0.253 e. The van der Waals surface area contributed by atoms with Gasteiger partial charge in [-0.2, -0.15) is 11.8 Å². The van der Waals surface area contributed by atoms with Crippen LogP contribution in [0.25, 0.3) is 11.0 Å². The van der Waals surface area contributed by atoms with Crippen LogP contribution in [-0.4, -0.2) is 32.5 Å². The molecule has 0 aliphatic rings. The van der Waals surface area contributed by atoms with E-state index in [9.17, 15) is 4.79 Å². The number of aromatic nitrogens is 3. The van der Waals surface area contributed by atoms with E-state index < -0.39 is 0 Å². The number of hydrogen-bond donors (Lipinski definition) is 1. The van der Waals surface area contributed by atoms with Crippen LogP contribution in [0.15, 0.2) is 48.8 Å². The first-order chi connectivity index (χ1) is 11.7. The topological polar surface area (TPSA) is 59.8 Å². The van der Waals surface area contributed by atoms with E-state index >= 15 is 0 Å². The summed E-state index contributed by atoms with van der Waals surface area (Å²) in [6.07, 6.45) is 6.13. The third kappa shape index (κ3) is 3.43. The molecule has 0 unspecified atom stereocenters. The van der Waals surface area contributed by atoms with Gasteiger partial charge in [-0.15, -0.1) is 0 Å². The number of imidazole rings is 1. The smallest absolute Gasteiger partial charge is 0.253 e. The van der Waals surface area contributed by atoms with Gasteiger partial charge in [0.2, 0.25) is 0 Å². The van der Waals surface area contributed by atoms with Crippen molar-refractivity contribution in [3.05, 3.63) is 60.2 Å². The van der Waals surface area contributed by atoms with Gasteiger partial charge in [0.05, 0.1) is 22.6 Å². The van der Waals surface area contributed by atoms with E-state index in [1.54, 1.807) is 36.3 Å². The van der Waals surface area contributed by atoms with Crippen molar-refractivity contribution in [2.24, 2.45) is 7.05 Å². The molecule has 0 spiro atoms. The van der Waals surface area contributed by atoms with Gasteiger partial charge in [0, 0.05) is 19.4 Å². The van der Waals surface area contributed by atoms with Crippen LogP contribution in [0.2, 0.25) is 0 Å². The van der Waals surface area contributed by atoms with Gasteiger partial charge in [-0.25, -0.2) is 4.98 Å². The fourth-order valence-corrected chi connectivity index (χ4v) is 3.19. The molecule has 6 heteroatoms. The lowest BCUT2D eigenvalue weighted by Gasteiger charge is -2.18. The molecule has 0 radical (unpaired) electrons. The number of hydrogen-bond acceptors (Lipinski definition) is 4. The fourth-order valence-electron chi connectivity index (χ4n) is 2.72. The van der Waals surface area contributed by atoms with Crippen molar-refractivity contribution in [3.63, 3.8) is 0 Å². The first-order valence-electron chi connectivity index (χ1n) is 7.82. The van der Waals surface area contributed by atoms with Crippen LogP contribution < -0.4 is 5.32 Å². The molecule has 1 amide bonds. The third-order valence-corrected chi connectivity index (χ3v) is 4.62. The Bertz CT molecular complexity index is 831. The molecule has 2 aromatic heterocycles. The standard InChI is InChI=1S/C18H20N4OS/c1-22-16-8-4-3-7-14(16)20-17(22)15(9-11-24-2)21-18(23)13-6-5-10-19-12-13/h3-8,10,12,15H,9,11H2,1-2H3,(H,21,23)/t15-/m0/s1. The summed E-state index contributed by atoms with van der Waals surface area (Å²) in [6.45, 7) is 0. The minimum Gasteiger partial charge on any atom is -0.342 e. The summed E-state index contributed by atoms with van der Waals surface area (Å²) in [7, 11) is 1.99. The van der Waals surface area contributed by atoms with Crippen LogP contribution in [0.3, 0.4) is 0 Å². The predicted octanol–water partition coefficient (Wildman–Crippen LogP) is 3.19. The van der Waals surface area contributed by atoms with Crippen molar-refractivity contribution < 1.29 is 4.79 Å². The molecular weight excluding hydrogens is 320 g/mol. The number of pyridine rings is 1. The lowest BCUT2D eigenvalue weighted by atomic mass is 10.2. The largest absolute Gasteiger partial charge is 0.342 e. The van der Waals surface area contributed by atoms with Crippen molar-refractivity contribution in [2.75, 3.05) is 12.0 Å². The second-order valence-electron chi connectivity index (χ2n) is 5.57. The summed E-state index contributed by atoms with van der Waals surface area (Å²) < 4.78 is 2.06. The quantitative estimate of drug-likeness (QED) is 0.749. The van der Waals surface area contributed by atoms with E-state index in [-0.39, 0.29) is 11.9 Å². The molecule has 2 heterocycles. The molecule has 24 heavy (non-hydrogen) atoms. The number of nitrogens with zero attached hydrogens (tertiary/aromatic N) is 3. The molecule has 0 bridgehead atoms. The lowest BCUT2D eigenvalue weighted by Crippen LogP contribution is -2.30. The number of para-hydroxylation sites is 2. The molecule has 0 aliphatic heterocycles. The molecule has 3 aromatic rings. The molecule has 124 valence electrons. The molecule has 0 saturated carbocycles. The Kier molecular flexibility index (Phi) is 5.15. The van der Waals surface area contributed by atoms with Crippen molar-refractivity contribution in [2.45, 2.75) is 12.5 Å². The van der Waals surface area contributed by atoms with E-state index in [1.807, 2.05) is 31.3 Å². The van der Waals surface area contributed by atoms with Gasteiger partial charge in [-0.05, 0) is 42.7 Å². The van der Waals surface area contributed by atoms with E-state index in [0.717, 1.165) is 29.0 Å². The van der Waals surface area contributed by atoms with Gasteiger partial charge in [-0.1, -0.05) is 12.1 Å². The molecule has 0 saturated heterocycles. The summed E-state index contributed by atoms with van der Waals surface area (Å²) in [5.41, 5.74) is 2.57. The second kappa shape index (κ2) is 7.49. The molecule has 0 aliphatic carbocycles. The van der Waals surface area contributed by atoms with Crippen LogP contribution in [0.1, 0.15) is 28.6 Å². The zero-order chi connectivity index (χ0) is 16.9. The number of benzene rings is 1. The van der Waals surface area contributed by atoms with Gasteiger partial charge in [0.25, 0.3) is 5.91 Å². The minimum absolute atomic E-state index is 0.124. The van der Waals surface area contributed by atoms with Gasteiger partial charge in [0.15, 0.2) is 0 Å². The Hall–Kier alpha value is -2.34. The molecular formula is C18H20N4OS. The van der Waals surface area contributed by atoms with Gasteiger partial charge in [-0.3, -0.25) is 9.78 Å². The Labute approximate surface area is 145 Å². The number of amides is 1. The molecule has 1 atom stereocenters. The maximum atomic E-state index is 12.5. The average Bonchev–Trinajstić information content (AvgIpc) is 2.96. The summed E-state index contributed by atoms with van der Waals surface area (Å²) in [4.78, 5) is 21.3. The summed E-state index contributed by atoms with van der Waals surface area (Å²) >= 11 is 1.76. The van der Waals surface area contributed by atoms with E-state index in [1.165, 1.54) is 0 Å². The van der Waals surface area contributed by atoms with E-state index in [0.29, 0.717) is 5.56 Å². The van der Waals surface area contributed by atoms with Crippen LogP contribution in [0, 0.1) is 0 Å². The average molecular weight is 340 g/mol. The van der Waals surface area contributed by atoms with Crippen molar-refractivity contribution in [1.82, 2.24) is 19.9 Å². The van der Waals surface area contributed by atoms with Crippen LogP contribution >= 0.6 is 11.8 Å². The Morgan fingerprint density at radius 2 is 2.12 bits per heavy atom. The van der Waals surface area contributed by atoms with Gasteiger partial charge in [0.1, 0.15) is 5.82 Å². The normalized spacial score (nSPS) is 12.2. The maximum absolute atomic E-state index is 12.5. The zero-order valence-electron chi connectivity index (χ0n) is 13.8. The Morgan fingerprint density at radius 1 is 1.29 bits per heavy atom. The summed E-state index contributed by atoms with van der Waals surface area (Å²) in [5, 5.41) is 3.11. The molecule has 3 rings (SSSR count). The van der Waals surface area contributed by atoms with Gasteiger partial charge < -0.3 is 9.88 Å². The van der Waals surface area contributed by atoms with Crippen LogP contribution in [0.5, 0.6) is 0 Å². The minimum atomic E-state index is -0.137. The first-order valence-corrected chi connectivity index (χ1v) is 9.21. The molecule has 1 aromatic carbocycles. The number of nitrogens with one attached hydrogen (secondary N) is 1. The number of fused-ring (bicyclic) bond motifs is 1. The molecule has 0 fully saturated rings. The number of carbonyl (C=O) groups excluding carboxylic acids is 1. The highest BCUT2D eigenvalue weighted by molar-refractivity contribution is 7.98. The summed E-state index contributed by atoms with van der Waals surface area (Å²) in [5.74, 6) is 1.70. The summed E-state index contributed by atoms with van der Waals surface area (Å²) in [6, 6.07) is 11.4. The number of rotatable bonds is 6. The van der Waals surface area contributed by atoms with Crippen LogP contribution in [0.4, 0.5) is 0 Å². The highest BCUT2D eigenvalue weighted by Gasteiger charge is 2.21. The van der Waals surface area contributed by atoms with Crippen molar-refractivity contribution in [3.8, 4) is 0 Å². The Morgan fingerprint density at radius 3 is 2.83 bits per heavy atom. The van der Waals surface area contributed by atoms with Gasteiger partial charge >= 0.3 is 0 Å². The van der Waals surface area contributed by atoms with E-state index in [2.05, 4.69) is 21.1 Å². The molecule has 1 N–H and O–H groups in total. The number of carbonyl (C=O) groups is 1. The van der Waals surface area contributed by atoms with Crippen LogP contribution in [-0.2, 0) is 7.05 Å². The van der Waals surface area contributed by atoms with E-state index in [4.69, 9.17) is 4.98 Å². The van der Waals surface area contributed by atoms with Crippen molar-refractivity contribution >= 4 is 28.7 Å². The number of aryl methyl sites for hydroxylation is 1. The second-order valence-corrected chi connectivity index (χ2v) is 6.55. The highest BCUT2D eigenvalue weighted by atomic mass is 32.2. The predicted molar refractivity (Wildman–Crippen MR) is 98.2 cm³/mol. The SMILES string of the molecule is CSCC[C@H](NC(=O)c1cccnc1)c1nc2ccccc2n1C. The zero-order valence-corrected chi connectivity index (χ0v) is 14.6. The monoisotopic (exact) mass is 340 g/mol. The first kappa shape index (κ1) is 16.5. The third-order valence-electron chi connectivity index (χ3n) is 3.97. The fraction of sp³-hybridized carbons (Fsp3) is 0.278. The van der Waals surface area contributed by atoms with Crippen molar-refractivity contribution in [1.29, 1.82) is 0 Å². The highest BCUT2D eigenvalue weighted by Crippen LogP contribution is 2.23. The molecule has 5 nitrogen and oxygen atoms in total.